The van der Waals surface area contributed by atoms with Gasteiger partial charge in [0.15, 0.2) is 0 Å². The summed E-state index contributed by atoms with van der Waals surface area (Å²) in [5.74, 6) is 0.736. The van der Waals surface area contributed by atoms with E-state index in [0.717, 1.165) is 27.9 Å². The number of anilines is 1. The molecule has 0 saturated carbocycles. The summed E-state index contributed by atoms with van der Waals surface area (Å²) in [7, 11) is 0. The van der Waals surface area contributed by atoms with Crippen molar-refractivity contribution < 1.29 is 4.74 Å². The molecule has 0 fully saturated rings. The van der Waals surface area contributed by atoms with Gasteiger partial charge in [-0.15, -0.1) is 0 Å². The van der Waals surface area contributed by atoms with E-state index in [1.165, 1.54) is 5.56 Å². The van der Waals surface area contributed by atoms with Crippen LogP contribution >= 0.6 is 39.1 Å². The molecule has 0 saturated heterocycles. The van der Waals surface area contributed by atoms with Gasteiger partial charge in [0.1, 0.15) is 5.75 Å². The second kappa shape index (κ2) is 6.07. The molecule has 1 unspecified atom stereocenters. The van der Waals surface area contributed by atoms with Crippen molar-refractivity contribution >= 4 is 44.8 Å². The van der Waals surface area contributed by atoms with Gasteiger partial charge in [0.05, 0.1) is 17.7 Å². The zero-order valence-electron chi connectivity index (χ0n) is 11.4. The number of nitrogens with one attached hydrogen (secondary N) is 1. The van der Waals surface area contributed by atoms with Crippen molar-refractivity contribution in [3.63, 3.8) is 0 Å². The monoisotopic (exact) mass is 385 g/mol. The Balaban J connectivity index is 1.95. The molecule has 5 heteroatoms. The maximum absolute atomic E-state index is 6.22. The Morgan fingerprint density at radius 1 is 1.24 bits per heavy atom. The molecule has 3 rings (SSSR count). The summed E-state index contributed by atoms with van der Waals surface area (Å²) in [6.07, 6.45) is 0.874. The van der Waals surface area contributed by atoms with Gasteiger partial charge in [0, 0.05) is 27.2 Å². The van der Waals surface area contributed by atoms with Crippen LogP contribution in [0.15, 0.2) is 34.8 Å². The van der Waals surface area contributed by atoms with Crippen LogP contribution in [0.1, 0.15) is 23.6 Å². The largest absolute Gasteiger partial charge is 0.492 e. The average molecular weight is 387 g/mol. The van der Waals surface area contributed by atoms with E-state index in [1.807, 2.05) is 12.1 Å². The molecule has 1 heterocycles. The zero-order chi connectivity index (χ0) is 15.0. The van der Waals surface area contributed by atoms with Crippen LogP contribution in [0.5, 0.6) is 5.75 Å². The van der Waals surface area contributed by atoms with Gasteiger partial charge in [-0.25, -0.2) is 0 Å². The molecule has 2 aromatic carbocycles. The number of rotatable bonds is 2. The van der Waals surface area contributed by atoms with E-state index < -0.39 is 0 Å². The molecule has 0 radical (unpaired) electrons. The second-order valence-corrected chi connectivity index (χ2v) is 6.86. The minimum atomic E-state index is 0.143. The molecule has 1 aliphatic heterocycles. The van der Waals surface area contributed by atoms with E-state index in [-0.39, 0.29) is 6.04 Å². The third kappa shape index (κ3) is 3.15. The van der Waals surface area contributed by atoms with E-state index in [4.69, 9.17) is 27.9 Å². The number of aryl methyl sites for hydroxylation is 1. The molecule has 110 valence electrons. The molecule has 2 nitrogen and oxygen atoms in total. The van der Waals surface area contributed by atoms with Crippen LogP contribution in [0, 0.1) is 6.92 Å². The van der Waals surface area contributed by atoms with E-state index in [1.54, 1.807) is 6.07 Å². The van der Waals surface area contributed by atoms with Gasteiger partial charge in [0.2, 0.25) is 0 Å². The molecular weight excluding hydrogens is 373 g/mol. The summed E-state index contributed by atoms with van der Waals surface area (Å²) in [5, 5.41) is 4.76. The van der Waals surface area contributed by atoms with Crippen LogP contribution in [-0.4, -0.2) is 6.61 Å². The molecule has 0 aliphatic carbocycles. The van der Waals surface area contributed by atoms with Crippen molar-refractivity contribution in [1.29, 1.82) is 0 Å². The van der Waals surface area contributed by atoms with Gasteiger partial charge >= 0.3 is 0 Å². The van der Waals surface area contributed by atoms with Crippen molar-refractivity contribution in [3.8, 4) is 5.75 Å². The summed E-state index contributed by atoms with van der Waals surface area (Å²) >= 11 is 15.8. The molecule has 0 spiro atoms. The third-order valence-electron chi connectivity index (χ3n) is 3.58. The molecule has 2 aromatic rings. The fraction of sp³-hybridized carbons (Fsp3) is 0.250. The lowest BCUT2D eigenvalue weighted by molar-refractivity contribution is 0.274. The smallest absolute Gasteiger partial charge is 0.143 e. The summed E-state index contributed by atoms with van der Waals surface area (Å²) in [6, 6.07) is 9.97. The molecule has 0 aromatic heterocycles. The minimum Gasteiger partial charge on any atom is -0.492 e. The number of halogens is 3. The second-order valence-electron chi connectivity index (χ2n) is 5.10. The predicted molar refractivity (Wildman–Crippen MR) is 91.8 cm³/mol. The molecule has 1 N–H and O–H groups in total. The first-order valence-corrected chi connectivity index (χ1v) is 8.24. The lowest BCUT2D eigenvalue weighted by atomic mass is 9.99. The molecule has 21 heavy (non-hydrogen) atoms. The van der Waals surface area contributed by atoms with Gasteiger partial charge in [-0.1, -0.05) is 39.1 Å². The fourth-order valence-corrected chi connectivity index (χ4v) is 3.59. The van der Waals surface area contributed by atoms with Crippen molar-refractivity contribution in [3.05, 3.63) is 56.0 Å². The van der Waals surface area contributed by atoms with Gasteiger partial charge in [-0.3, -0.25) is 0 Å². The average Bonchev–Trinajstić information content (AvgIpc) is 2.42. The third-order valence-corrected chi connectivity index (χ3v) is 4.58. The number of fused-ring (bicyclic) bond motifs is 1. The lowest BCUT2D eigenvalue weighted by Crippen LogP contribution is -2.21. The van der Waals surface area contributed by atoms with Crippen molar-refractivity contribution in [2.24, 2.45) is 0 Å². The SMILES string of the molecule is Cc1cc(Br)ccc1NC1CCOc2c(Cl)cc(Cl)cc21. The van der Waals surface area contributed by atoms with Crippen LogP contribution in [0.2, 0.25) is 10.0 Å². The number of hydrogen-bond donors (Lipinski definition) is 1. The highest BCUT2D eigenvalue weighted by molar-refractivity contribution is 9.10. The highest BCUT2D eigenvalue weighted by atomic mass is 79.9. The summed E-state index contributed by atoms with van der Waals surface area (Å²) in [6.45, 7) is 2.72. The highest BCUT2D eigenvalue weighted by Crippen LogP contribution is 2.41. The van der Waals surface area contributed by atoms with Crippen molar-refractivity contribution in [1.82, 2.24) is 0 Å². The Morgan fingerprint density at radius 3 is 2.81 bits per heavy atom. The van der Waals surface area contributed by atoms with Gasteiger partial charge in [-0.2, -0.15) is 0 Å². The normalized spacial score (nSPS) is 17.0. The van der Waals surface area contributed by atoms with Crippen LogP contribution in [-0.2, 0) is 0 Å². The van der Waals surface area contributed by atoms with Gasteiger partial charge in [-0.05, 0) is 42.8 Å². The number of hydrogen-bond acceptors (Lipinski definition) is 2. The van der Waals surface area contributed by atoms with Crippen LogP contribution < -0.4 is 10.1 Å². The molecular formula is C16H14BrCl2NO. The van der Waals surface area contributed by atoms with Crippen molar-refractivity contribution in [2.45, 2.75) is 19.4 Å². The Labute approximate surface area is 142 Å². The Kier molecular flexibility index (Phi) is 4.34. The number of benzene rings is 2. The Bertz CT molecular complexity index is 690. The lowest BCUT2D eigenvalue weighted by Gasteiger charge is -2.29. The zero-order valence-corrected chi connectivity index (χ0v) is 14.5. The summed E-state index contributed by atoms with van der Waals surface area (Å²) in [5.41, 5.74) is 3.30. The molecule has 0 bridgehead atoms. The molecule has 1 aliphatic rings. The van der Waals surface area contributed by atoms with Crippen LogP contribution in [0.3, 0.4) is 0 Å². The topological polar surface area (TPSA) is 21.3 Å². The quantitative estimate of drug-likeness (QED) is 0.683. The molecule has 1 atom stereocenters. The van der Waals surface area contributed by atoms with Crippen LogP contribution in [0.25, 0.3) is 0 Å². The highest BCUT2D eigenvalue weighted by Gasteiger charge is 2.24. The summed E-state index contributed by atoms with van der Waals surface area (Å²) in [4.78, 5) is 0. The van der Waals surface area contributed by atoms with Gasteiger partial charge in [0.25, 0.3) is 0 Å². The van der Waals surface area contributed by atoms with Crippen LogP contribution in [0.4, 0.5) is 5.69 Å². The summed E-state index contributed by atoms with van der Waals surface area (Å²) < 4.78 is 6.76. The first-order chi connectivity index (χ1) is 10.0. The molecule has 0 amide bonds. The van der Waals surface area contributed by atoms with E-state index >= 15 is 0 Å². The maximum atomic E-state index is 6.22. The first kappa shape index (κ1) is 15.0. The number of ether oxygens (including phenoxy) is 1. The maximum Gasteiger partial charge on any atom is 0.143 e. The van der Waals surface area contributed by atoms with E-state index in [2.05, 4.69) is 40.3 Å². The standard InChI is InChI=1S/C16H14BrCl2NO/c1-9-6-10(17)2-3-14(9)20-15-4-5-21-16-12(15)7-11(18)8-13(16)19/h2-3,6-8,15,20H,4-5H2,1H3. The minimum absolute atomic E-state index is 0.143. The van der Waals surface area contributed by atoms with Gasteiger partial charge < -0.3 is 10.1 Å². The Morgan fingerprint density at radius 2 is 2.05 bits per heavy atom. The first-order valence-electron chi connectivity index (χ1n) is 6.69. The van der Waals surface area contributed by atoms with E-state index in [9.17, 15) is 0 Å². The fourth-order valence-electron chi connectivity index (χ4n) is 2.55. The van der Waals surface area contributed by atoms with E-state index in [0.29, 0.717) is 16.7 Å². The van der Waals surface area contributed by atoms with Crippen molar-refractivity contribution in [2.75, 3.05) is 11.9 Å². The predicted octanol–water partition coefficient (Wildman–Crippen LogP) is 6.00. The Hall–Kier alpha value is -0.900.